The Hall–Kier alpha value is -3.64. The normalized spacial score (nSPS) is 16.4. The molecule has 5 rings (SSSR count). The number of benzene rings is 2. The summed E-state index contributed by atoms with van der Waals surface area (Å²) in [4.78, 5) is 24.1. The molecular weight excluding hydrogens is 393 g/mol. The molecule has 0 saturated carbocycles. The smallest absolute Gasteiger partial charge is 0.273 e. The Balaban J connectivity index is 1.41. The van der Waals surface area contributed by atoms with Crippen LogP contribution >= 0.6 is 0 Å². The van der Waals surface area contributed by atoms with Crippen LogP contribution < -0.4 is 0 Å². The summed E-state index contributed by atoms with van der Waals surface area (Å²) in [5.74, 6) is -0.427. The second-order valence-electron chi connectivity index (χ2n) is 7.45. The van der Waals surface area contributed by atoms with E-state index in [9.17, 15) is 9.18 Å². The van der Waals surface area contributed by atoms with Crippen LogP contribution in [0.2, 0.25) is 0 Å². The summed E-state index contributed by atoms with van der Waals surface area (Å²) in [5.41, 5.74) is 2.52. The molecule has 1 unspecified atom stereocenters. The van der Waals surface area contributed by atoms with Gasteiger partial charge in [-0.2, -0.15) is 0 Å². The van der Waals surface area contributed by atoms with Gasteiger partial charge in [0.1, 0.15) is 17.6 Å². The SMILES string of the molecule is O=C(c1nccc2ccccc12)N1CCOC(c2cccc(-c3cccc(F)c3)n2)C1. The van der Waals surface area contributed by atoms with Gasteiger partial charge in [-0.25, -0.2) is 9.37 Å². The van der Waals surface area contributed by atoms with Gasteiger partial charge in [0.15, 0.2) is 0 Å². The Labute approximate surface area is 179 Å². The largest absolute Gasteiger partial charge is 0.368 e. The monoisotopic (exact) mass is 413 g/mol. The third-order valence-electron chi connectivity index (χ3n) is 5.45. The molecule has 0 radical (unpaired) electrons. The molecule has 1 atom stereocenters. The number of fused-ring (bicyclic) bond motifs is 1. The van der Waals surface area contributed by atoms with Crippen LogP contribution in [0.4, 0.5) is 4.39 Å². The molecule has 0 aliphatic carbocycles. The van der Waals surface area contributed by atoms with Crippen molar-refractivity contribution in [2.24, 2.45) is 0 Å². The van der Waals surface area contributed by atoms with E-state index in [0.717, 1.165) is 10.8 Å². The van der Waals surface area contributed by atoms with Gasteiger partial charge >= 0.3 is 0 Å². The Morgan fingerprint density at radius 2 is 1.90 bits per heavy atom. The molecule has 0 N–H and O–H groups in total. The van der Waals surface area contributed by atoms with Gasteiger partial charge < -0.3 is 9.64 Å². The van der Waals surface area contributed by atoms with Gasteiger partial charge in [0.05, 0.1) is 24.5 Å². The zero-order valence-corrected chi connectivity index (χ0v) is 16.7. The van der Waals surface area contributed by atoms with Crippen molar-refractivity contribution >= 4 is 16.7 Å². The van der Waals surface area contributed by atoms with Crippen LogP contribution in [0.1, 0.15) is 22.3 Å². The van der Waals surface area contributed by atoms with Gasteiger partial charge in [-0.3, -0.25) is 9.78 Å². The van der Waals surface area contributed by atoms with Gasteiger partial charge in [0.2, 0.25) is 0 Å². The molecule has 3 heterocycles. The van der Waals surface area contributed by atoms with E-state index < -0.39 is 0 Å². The summed E-state index contributed by atoms with van der Waals surface area (Å²) in [6.45, 7) is 1.28. The number of carbonyl (C=O) groups is 1. The lowest BCUT2D eigenvalue weighted by molar-refractivity contribution is -0.0248. The number of morpholine rings is 1. The number of amides is 1. The number of aromatic nitrogens is 2. The molecule has 2 aromatic heterocycles. The second kappa shape index (κ2) is 8.24. The number of hydrogen-bond acceptors (Lipinski definition) is 4. The van der Waals surface area contributed by atoms with E-state index in [0.29, 0.717) is 42.3 Å². The zero-order valence-electron chi connectivity index (χ0n) is 16.7. The topological polar surface area (TPSA) is 55.3 Å². The van der Waals surface area contributed by atoms with Crippen LogP contribution in [0.3, 0.4) is 0 Å². The van der Waals surface area contributed by atoms with Crippen LogP contribution in [-0.4, -0.2) is 40.5 Å². The highest BCUT2D eigenvalue weighted by molar-refractivity contribution is 6.05. The number of pyridine rings is 2. The predicted octanol–water partition coefficient (Wildman–Crippen LogP) is 4.65. The van der Waals surface area contributed by atoms with Crippen molar-refractivity contribution in [3.63, 3.8) is 0 Å². The lowest BCUT2D eigenvalue weighted by Crippen LogP contribution is -2.42. The van der Waals surface area contributed by atoms with Gasteiger partial charge in [0.25, 0.3) is 5.91 Å². The highest BCUT2D eigenvalue weighted by atomic mass is 19.1. The Morgan fingerprint density at radius 1 is 1.03 bits per heavy atom. The summed E-state index contributed by atoms with van der Waals surface area (Å²) in [6, 6.07) is 21.6. The number of halogens is 1. The van der Waals surface area contributed by atoms with E-state index in [4.69, 9.17) is 4.74 Å². The molecule has 0 bridgehead atoms. The maximum absolute atomic E-state index is 13.6. The third kappa shape index (κ3) is 3.90. The lowest BCUT2D eigenvalue weighted by Gasteiger charge is -2.32. The Kier molecular flexibility index (Phi) is 5.14. The van der Waals surface area contributed by atoms with E-state index in [1.54, 1.807) is 17.2 Å². The Morgan fingerprint density at radius 3 is 2.81 bits per heavy atom. The van der Waals surface area contributed by atoms with Crippen LogP contribution in [-0.2, 0) is 4.74 Å². The molecule has 1 amide bonds. The summed E-state index contributed by atoms with van der Waals surface area (Å²) in [7, 11) is 0. The molecule has 4 aromatic rings. The number of rotatable bonds is 3. The number of nitrogens with zero attached hydrogens (tertiary/aromatic N) is 3. The van der Waals surface area contributed by atoms with Crippen LogP contribution in [0.25, 0.3) is 22.0 Å². The van der Waals surface area contributed by atoms with Gasteiger partial charge in [-0.05, 0) is 35.7 Å². The van der Waals surface area contributed by atoms with Gasteiger partial charge in [-0.15, -0.1) is 0 Å². The molecule has 1 fully saturated rings. The van der Waals surface area contributed by atoms with E-state index in [1.165, 1.54) is 12.1 Å². The molecule has 0 spiro atoms. The van der Waals surface area contributed by atoms with E-state index >= 15 is 0 Å². The van der Waals surface area contributed by atoms with Crippen molar-refractivity contribution in [2.75, 3.05) is 19.7 Å². The minimum absolute atomic E-state index is 0.119. The first-order valence-corrected chi connectivity index (χ1v) is 10.2. The fourth-order valence-electron chi connectivity index (χ4n) is 3.89. The van der Waals surface area contributed by atoms with Gasteiger partial charge in [-0.1, -0.05) is 42.5 Å². The summed E-state index contributed by atoms with van der Waals surface area (Å²) in [6.07, 6.45) is 1.30. The van der Waals surface area contributed by atoms with Crippen molar-refractivity contribution in [3.05, 3.63) is 96.2 Å². The zero-order chi connectivity index (χ0) is 21.2. The molecule has 154 valence electrons. The van der Waals surface area contributed by atoms with Crippen molar-refractivity contribution in [1.82, 2.24) is 14.9 Å². The molecule has 1 aliphatic heterocycles. The first-order chi connectivity index (χ1) is 15.2. The molecule has 1 saturated heterocycles. The van der Waals surface area contributed by atoms with Crippen LogP contribution in [0.15, 0.2) is 79.0 Å². The molecule has 1 aliphatic rings. The van der Waals surface area contributed by atoms with E-state index in [1.807, 2.05) is 54.6 Å². The van der Waals surface area contributed by atoms with E-state index in [-0.39, 0.29) is 17.8 Å². The molecular formula is C25H20FN3O2. The van der Waals surface area contributed by atoms with Crippen molar-refractivity contribution in [3.8, 4) is 11.3 Å². The lowest BCUT2D eigenvalue weighted by atomic mass is 10.1. The molecule has 2 aromatic carbocycles. The van der Waals surface area contributed by atoms with Crippen LogP contribution in [0.5, 0.6) is 0 Å². The first kappa shape index (κ1) is 19.3. The number of hydrogen-bond donors (Lipinski definition) is 0. The maximum Gasteiger partial charge on any atom is 0.273 e. The Bertz CT molecular complexity index is 1250. The van der Waals surface area contributed by atoms with Crippen molar-refractivity contribution in [1.29, 1.82) is 0 Å². The average molecular weight is 413 g/mol. The van der Waals surface area contributed by atoms with Crippen LogP contribution in [0, 0.1) is 5.82 Å². The number of ether oxygens (including phenoxy) is 1. The van der Waals surface area contributed by atoms with Crippen molar-refractivity contribution < 1.29 is 13.9 Å². The van der Waals surface area contributed by atoms with Crippen molar-refractivity contribution in [2.45, 2.75) is 6.10 Å². The molecule has 31 heavy (non-hydrogen) atoms. The minimum atomic E-state index is -0.360. The second-order valence-corrected chi connectivity index (χ2v) is 7.45. The third-order valence-corrected chi connectivity index (χ3v) is 5.45. The summed E-state index contributed by atoms with van der Waals surface area (Å²) in [5, 5.41) is 1.82. The standard InChI is InChI=1S/C25H20FN3O2/c26-19-7-3-6-18(15-19)21-9-4-10-22(28-21)23-16-29(13-14-31-23)25(30)24-20-8-2-1-5-17(20)11-12-27-24/h1-12,15,23H,13-14,16H2. The fourth-order valence-corrected chi connectivity index (χ4v) is 3.89. The molecule has 5 nitrogen and oxygen atoms in total. The van der Waals surface area contributed by atoms with E-state index in [2.05, 4.69) is 9.97 Å². The highest BCUT2D eigenvalue weighted by Crippen LogP contribution is 2.26. The quantitative estimate of drug-likeness (QED) is 0.491. The highest BCUT2D eigenvalue weighted by Gasteiger charge is 2.28. The fraction of sp³-hybridized carbons (Fsp3) is 0.160. The summed E-state index contributed by atoms with van der Waals surface area (Å²) >= 11 is 0. The minimum Gasteiger partial charge on any atom is -0.368 e. The predicted molar refractivity (Wildman–Crippen MR) is 116 cm³/mol. The average Bonchev–Trinajstić information content (AvgIpc) is 2.83. The maximum atomic E-state index is 13.6. The molecule has 6 heteroatoms. The first-order valence-electron chi connectivity index (χ1n) is 10.2. The number of carbonyl (C=O) groups excluding carboxylic acids is 1. The summed E-state index contributed by atoms with van der Waals surface area (Å²) < 4.78 is 19.5. The van der Waals surface area contributed by atoms with Gasteiger partial charge in [0, 0.05) is 23.7 Å².